The Morgan fingerprint density at radius 3 is 2.45 bits per heavy atom. The minimum absolute atomic E-state index is 0.0425. The molecular weight excluding hydrogens is 625 g/mol. The number of pyridine rings is 1. The van der Waals surface area contributed by atoms with Crippen molar-refractivity contribution in [2.24, 2.45) is 5.41 Å². The maximum absolute atomic E-state index is 14.5. The van der Waals surface area contributed by atoms with Gasteiger partial charge in [0.1, 0.15) is 11.1 Å². The molecule has 1 heterocycles. The normalized spacial score (nSPS) is 24.1. The number of hydrogen-bond donors (Lipinski definition) is 2. The van der Waals surface area contributed by atoms with Gasteiger partial charge in [0, 0.05) is 28.0 Å². The number of benzene rings is 3. The van der Waals surface area contributed by atoms with Crippen LogP contribution < -0.4 is 0 Å². The van der Waals surface area contributed by atoms with Crippen LogP contribution in [0.15, 0.2) is 95.5 Å². The van der Waals surface area contributed by atoms with E-state index >= 15 is 0 Å². The van der Waals surface area contributed by atoms with Crippen LogP contribution in [0.1, 0.15) is 102 Å². The van der Waals surface area contributed by atoms with Gasteiger partial charge in [0.25, 0.3) is 0 Å². The molecule has 0 spiro atoms. The van der Waals surface area contributed by atoms with Gasteiger partial charge >= 0.3 is 0 Å². The van der Waals surface area contributed by atoms with Crippen molar-refractivity contribution in [3.05, 3.63) is 130 Å². The maximum atomic E-state index is 14.5. The van der Waals surface area contributed by atoms with Crippen molar-refractivity contribution in [3.8, 4) is 17.2 Å². The predicted octanol–water partition coefficient (Wildman–Crippen LogP) is 9.30. The van der Waals surface area contributed by atoms with E-state index in [4.69, 9.17) is 4.98 Å². The standard InChI is InChI=1S/C43H46N2O3S/c1-28-9-8-21-42(4)39(20-22-43(42,48)27-49-41-38(26-44)29(2)23-30(3)45-41)36-19-13-31(24-35(46)18-12-28)25-37(36)40(47)34-16-14-33(15-17-34)32-10-6-5-7-11-32/h5-7,9-11,13-17,19,23,25,35,39,46,48H,8,12,18,20-22,24,27H2,1-4H3/t35-,39-,42-,43+/m0/s1. The van der Waals surface area contributed by atoms with Gasteiger partial charge in [-0.15, -0.1) is 11.8 Å². The molecule has 1 aromatic heterocycles. The topological polar surface area (TPSA) is 94.2 Å². The van der Waals surface area contributed by atoms with Crippen molar-refractivity contribution < 1.29 is 15.0 Å². The highest BCUT2D eigenvalue weighted by atomic mass is 32.2. The van der Waals surface area contributed by atoms with Gasteiger partial charge in [0.2, 0.25) is 0 Å². The predicted molar refractivity (Wildman–Crippen MR) is 198 cm³/mol. The van der Waals surface area contributed by atoms with Crippen molar-refractivity contribution in [2.45, 2.75) is 95.3 Å². The van der Waals surface area contributed by atoms with E-state index in [9.17, 15) is 20.3 Å². The number of hydrogen-bond acceptors (Lipinski definition) is 6. The molecule has 2 bridgehead atoms. The number of carbonyl (C=O) groups excluding carboxylic acids is 1. The number of aliphatic hydroxyl groups excluding tert-OH is 1. The van der Waals surface area contributed by atoms with Crippen LogP contribution in [0.4, 0.5) is 0 Å². The van der Waals surface area contributed by atoms with Gasteiger partial charge < -0.3 is 10.2 Å². The van der Waals surface area contributed by atoms with Crippen molar-refractivity contribution in [1.82, 2.24) is 4.98 Å². The molecule has 3 aliphatic carbocycles. The summed E-state index contributed by atoms with van der Waals surface area (Å²) in [6, 6.07) is 28.4. The summed E-state index contributed by atoms with van der Waals surface area (Å²) in [5.41, 5.74) is 7.26. The van der Waals surface area contributed by atoms with Crippen LogP contribution in [0.2, 0.25) is 0 Å². The number of thioether (sulfide) groups is 1. The second-order valence-electron chi connectivity index (χ2n) is 14.4. The van der Waals surface area contributed by atoms with Gasteiger partial charge in [-0.2, -0.15) is 5.26 Å². The molecule has 4 aromatic rings. The largest absolute Gasteiger partial charge is 0.393 e. The number of aliphatic hydroxyl groups is 2. The first kappa shape index (κ1) is 34.8. The molecule has 3 aliphatic rings. The average Bonchev–Trinajstić information content (AvgIpc) is 3.35. The van der Waals surface area contributed by atoms with Crippen LogP contribution in [0, 0.1) is 30.6 Å². The highest BCUT2D eigenvalue weighted by molar-refractivity contribution is 7.99. The molecule has 0 radical (unpaired) electrons. The number of nitriles is 1. The van der Waals surface area contributed by atoms with E-state index in [-0.39, 0.29) is 11.7 Å². The molecule has 252 valence electrons. The summed E-state index contributed by atoms with van der Waals surface area (Å²) in [4.78, 5) is 19.2. The Kier molecular flexibility index (Phi) is 10.3. The number of ketones is 1. The number of aryl methyl sites for hydroxylation is 2. The van der Waals surface area contributed by atoms with Crippen molar-refractivity contribution in [2.75, 3.05) is 5.75 Å². The van der Waals surface area contributed by atoms with Crippen LogP contribution >= 0.6 is 11.8 Å². The number of carbonyl (C=O) groups is 1. The van der Waals surface area contributed by atoms with E-state index in [0.29, 0.717) is 46.7 Å². The third-order valence-electron chi connectivity index (χ3n) is 11.0. The second kappa shape index (κ2) is 14.5. The Morgan fingerprint density at radius 1 is 0.980 bits per heavy atom. The fourth-order valence-electron chi connectivity index (χ4n) is 8.00. The molecule has 0 amide bonds. The number of aromatic nitrogens is 1. The van der Waals surface area contributed by atoms with Crippen LogP contribution in [-0.4, -0.2) is 38.4 Å². The van der Waals surface area contributed by atoms with E-state index in [0.717, 1.165) is 59.2 Å². The molecule has 2 N–H and O–H groups in total. The summed E-state index contributed by atoms with van der Waals surface area (Å²) in [6.07, 6.45) is 6.53. The van der Waals surface area contributed by atoms with Crippen LogP contribution in [0.25, 0.3) is 11.1 Å². The van der Waals surface area contributed by atoms with Gasteiger partial charge in [-0.1, -0.05) is 85.3 Å². The quantitative estimate of drug-likeness (QED) is 0.121. The van der Waals surface area contributed by atoms with Crippen molar-refractivity contribution in [3.63, 3.8) is 0 Å². The molecule has 1 saturated carbocycles. The van der Waals surface area contributed by atoms with Gasteiger partial charge in [0.05, 0.1) is 17.3 Å². The Labute approximate surface area is 295 Å². The van der Waals surface area contributed by atoms with Crippen LogP contribution in [0.5, 0.6) is 0 Å². The van der Waals surface area contributed by atoms with E-state index in [1.165, 1.54) is 17.3 Å². The lowest BCUT2D eigenvalue weighted by atomic mass is 9.65. The third-order valence-corrected chi connectivity index (χ3v) is 12.2. The molecule has 4 atom stereocenters. The smallest absolute Gasteiger partial charge is 0.193 e. The Balaban J connectivity index is 1.40. The first-order valence-electron chi connectivity index (χ1n) is 17.4. The lowest BCUT2D eigenvalue weighted by Gasteiger charge is -2.44. The van der Waals surface area contributed by atoms with Gasteiger partial charge in [-0.3, -0.25) is 4.79 Å². The summed E-state index contributed by atoms with van der Waals surface area (Å²) in [7, 11) is 0. The fourth-order valence-corrected chi connectivity index (χ4v) is 9.41. The molecule has 0 saturated heterocycles. The highest BCUT2D eigenvalue weighted by Crippen LogP contribution is 2.59. The minimum atomic E-state index is -1.06. The molecule has 7 rings (SSSR count). The van der Waals surface area contributed by atoms with Crippen molar-refractivity contribution >= 4 is 17.5 Å². The zero-order chi connectivity index (χ0) is 34.8. The van der Waals surface area contributed by atoms with Gasteiger partial charge in [-0.25, -0.2) is 4.98 Å². The number of nitrogens with zero attached hydrogens (tertiary/aromatic N) is 2. The summed E-state index contributed by atoms with van der Waals surface area (Å²) < 4.78 is 0. The Morgan fingerprint density at radius 2 is 1.71 bits per heavy atom. The summed E-state index contributed by atoms with van der Waals surface area (Å²) in [5.74, 6) is 0.292. The summed E-state index contributed by atoms with van der Waals surface area (Å²) in [5, 5.41) is 34.2. The molecular formula is C43H46N2O3S. The zero-order valence-corrected chi connectivity index (χ0v) is 29.8. The fraction of sp³-hybridized carbons (Fsp3) is 0.372. The van der Waals surface area contributed by atoms with Gasteiger partial charge in [0.15, 0.2) is 5.78 Å². The SMILES string of the molecule is CC1=CCC[C@@]2(C)[C@@H](CC[C@@]2(O)CSc2nc(C)cc(C)c2C#N)c2ccc(cc2C(=O)c2ccc(-c3ccccc3)cc2)C[C@@H](O)CC1. The number of rotatable bonds is 6. The van der Waals surface area contributed by atoms with E-state index < -0.39 is 17.1 Å². The van der Waals surface area contributed by atoms with E-state index in [2.05, 4.69) is 50.3 Å². The highest BCUT2D eigenvalue weighted by Gasteiger charge is 2.56. The maximum Gasteiger partial charge on any atom is 0.193 e. The van der Waals surface area contributed by atoms with Crippen molar-refractivity contribution in [1.29, 1.82) is 5.26 Å². The average molecular weight is 671 g/mol. The summed E-state index contributed by atoms with van der Waals surface area (Å²) >= 11 is 1.47. The minimum Gasteiger partial charge on any atom is -0.393 e. The lowest BCUT2D eigenvalue weighted by molar-refractivity contribution is -0.0422. The monoisotopic (exact) mass is 670 g/mol. The van der Waals surface area contributed by atoms with E-state index in [1.807, 2.05) is 68.4 Å². The molecule has 6 heteroatoms. The van der Waals surface area contributed by atoms with Gasteiger partial charge in [-0.05, 0) is 112 Å². The number of fused-ring (bicyclic) bond motifs is 8. The molecule has 0 aliphatic heterocycles. The lowest BCUT2D eigenvalue weighted by Crippen LogP contribution is -2.46. The molecule has 49 heavy (non-hydrogen) atoms. The molecule has 0 unspecified atom stereocenters. The van der Waals surface area contributed by atoms with Crippen LogP contribution in [0.3, 0.4) is 0 Å². The molecule has 1 fully saturated rings. The first-order chi connectivity index (χ1) is 23.5. The first-order valence-corrected chi connectivity index (χ1v) is 18.4. The molecule has 5 nitrogen and oxygen atoms in total. The second-order valence-corrected chi connectivity index (χ2v) is 15.3. The zero-order valence-electron chi connectivity index (χ0n) is 29.0. The van der Waals surface area contributed by atoms with Crippen LogP contribution in [-0.2, 0) is 6.42 Å². The van der Waals surface area contributed by atoms with E-state index in [1.54, 1.807) is 0 Å². The number of allylic oxidation sites excluding steroid dienone is 2. The third kappa shape index (κ3) is 7.17. The molecule has 3 aromatic carbocycles. The Bertz CT molecular complexity index is 1910. The summed E-state index contributed by atoms with van der Waals surface area (Å²) in [6.45, 7) is 8.18. The Hall–Kier alpha value is -4.02.